The van der Waals surface area contributed by atoms with Crippen molar-refractivity contribution in [2.75, 3.05) is 59.1 Å². The largest absolute Gasteiger partial charge is 0.475 e. The maximum absolute atomic E-state index is 12.6. The van der Waals surface area contributed by atoms with Gasteiger partial charge in [0.1, 0.15) is 11.6 Å². The molecule has 2 heterocycles. The fourth-order valence-corrected chi connectivity index (χ4v) is 2.69. The van der Waals surface area contributed by atoms with Gasteiger partial charge in [0, 0.05) is 32.4 Å². The van der Waals surface area contributed by atoms with Crippen molar-refractivity contribution in [3.63, 3.8) is 0 Å². The lowest BCUT2D eigenvalue weighted by atomic mass is 10.3. The molecular weight excluding hydrogens is 526 g/mol. The highest BCUT2D eigenvalue weighted by atomic mass is 127. The Kier molecular flexibility index (Phi) is 11.9. The first-order valence-corrected chi connectivity index (χ1v) is 9.45. The van der Waals surface area contributed by atoms with Gasteiger partial charge >= 0.3 is 6.18 Å². The maximum Gasteiger partial charge on any atom is 0.417 e. The molecule has 0 aliphatic carbocycles. The van der Waals surface area contributed by atoms with Crippen molar-refractivity contribution in [1.82, 2.24) is 20.5 Å². The first kappa shape index (κ1) is 26.0. The molecule has 166 valence electrons. The molecule has 7 nitrogen and oxygen atoms in total. The zero-order valence-electron chi connectivity index (χ0n) is 16.1. The predicted molar refractivity (Wildman–Crippen MR) is 116 cm³/mol. The summed E-state index contributed by atoms with van der Waals surface area (Å²) in [5, 5.41) is 6.05. The molecule has 1 fully saturated rings. The Balaban J connectivity index is 0.00000420. The van der Waals surface area contributed by atoms with Gasteiger partial charge in [0.2, 0.25) is 5.88 Å². The monoisotopic (exact) mass is 551 g/mol. The summed E-state index contributed by atoms with van der Waals surface area (Å²) >= 11 is 5.81. The van der Waals surface area contributed by atoms with Gasteiger partial charge in [0.15, 0.2) is 5.96 Å². The van der Waals surface area contributed by atoms with E-state index in [2.05, 4.69) is 25.5 Å². The summed E-state index contributed by atoms with van der Waals surface area (Å²) < 4.78 is 48.5. The Morgan fingerprint density at radius 1 is 1.34 bits per heavy atom. The second-order valence-corrected chi connectivity index (χ2v) is 6.41. The van der Waals surface area contributed by atoms with E-state index in [1.54, 1.807) is 0 Å². The van der Waals surface area contributed by atoms with Crippen LogP contribution in [-0.2, 0) is 10.9 Å². The normalized spacial score (nSPS) is 15.6. The number of hydrogen-bond donors (Lipinski definition) is 2. The summed E-state index contributed by atoms with van der Waals surface area (Å²) in [4.78, 5) is 10.4. The molecule has 0 amide bonds. The highest BCUT2D eigenvalue weighted by molar-refractivity contribution is 14.0. The van der Waals surface area contributed by atoms with Crippen LogP contribution in [0.2, 0.25) is 5.02 Å². The van der Waals surface area contributed by atoms with Gasteiger partial charge < -0.3 is 20.1 Å². The minimum atomic E-state index is -4.49. The number of hydrogen-bond acceptors (Lipinski definition) is 5. The standard InChI is InChI=1S/C17H25ClF3N5O2.HI/c1-2-22-16(23-3-5-26-6-9-27-10-7-26)24-4-8-28-15-14(18)11-13(12-25-15)17(19,20)21;/h11-12H,2-10H2,1H3,(H2,22,23,24);1H. The number of halogens is 5. The average Bonchev–Trinajstić information content (AvgIpc) is 2.66. The molecule has 29 heavy (non-hydrogen) atoms. The van der Waals surface area contributed by atoms with Crippen LogP contribution in [0.3, 0.4) is 0 Å². The average molecular weight is 552 g/mol. The number of ether oxygens (including phenoxy) is 2. The van der Waals surface area contributed by atoms with Crippen LogP contribution in [0.5, 0.6) is 5.88 Å². The van der Waals surface area contributed by atoms with Crippen molar-refractivity contribution >= 4 is 41.5 Å². The zero-order valence-corrected chi connectivity index (χ0v) is 19.2. The van der Waals surface area contributed by atoms with Gasteiger partial charge in [-0.05, 0) is 13.0 Å². The highest BCUT2D eigenvalue weighted by Gasteiger charge is 2.31. The van der Waals surface area contributed by atoms with Crippen molar-refractivity contribution in [2.45, 2.75) is 13.1 Å². The molecule has 1 saturated heterocycles. The molecule has 0 saturated carbocycles. The number of morpholine rings is 1. The Bertz CT molecular complexity index is 646. The molecule has 1 aromatic rings. The number of pyridine rings is 1. The zero-order chi connectivity index (χ0) is 20.4. The first-order chi connectivity index (χ1) is 13.4. The molecule has 2 rings (SSSR count). The molecule has 0 bridgehead atoms. The van der Waals surface area contributed by atoms with E-state index in [4.69, 9.17) is 21.1 Å². The van der Waals surface area contributed by atoms with Crippen LogP contribution < -0.4 is 15.4 Å². The van der Waals surface area contributed by atoms with Crippen LogP contribution in [0.25, 0.3) is 0 Å². The SMILES string of the molecule is CCNC(=NCCN1CCOCC1)NCCOc1ncc(C(F)(F)F)cc1Cl.I. The summed E-state index contributed by atoms with van der Waals surface area (Å²) in [7, 11) is 0. The number of rotatable bonds is 8. The molecule has 0 spiro atoms. The lowest BCUT2D eigenvalue weighted by molar-refractivity contribution is -0.137. The molecule has 12 heteroatoms. The summed E-state index contributed by atoms with van der Waals surface area (Å²) in [6.45, 7) is 8.04. The van der Waals surface area contributed by atoms with E-state index < -0.39 is 11.7 Å². The van der Waals surface area contributed by atoms with Gasteiger partial charge in [-0.2, -0.15) is 13.2 Å². The third-order valence-corrected chi connectivity index (χ3v) is 4.17. The van der Waals surface area contributed by atoms with Crippen LogP contribution in [0.1, 0.15) is 12.5 Å². The van der Waals surface area contributed by atoms with Gasteiger partial charge in [-0.15, -0.1) is 24.0 Å². The number of guanidine groups is 1. The van der Waals surface area contributed by atoms with E-state index in [1.165, 1.54) is 0 Å². The number of alkyl halides is 3. The van der Waals surface area contributed by atoms with Crippen LogP contribution in [0.15, 0.2) is 17.3 Å². The molecule has 1 aromatic heterocycles. The Hall–Kier alpha value is -1.05. The topological polar surface area (TPSA) is 71.0 Å². The summed E-state index contributed by atoms with van der Waals surface area (Å²) in [6.07, 6.45) is -3.79. The van der Waals surface area contributed by atoms with Crippen molar-refractivity contribution in [1.29, 1.82) is 0 Å². The highest BCUT2D eigenvalue weighted by Crippen LogP contribution is 2.32. The molecular formula is C17H26ClF3IN5O2. The fraction of sp³-hybridized carbons (Fsp3) is 0.647. The third-order valence-electron chi connectivity index (χ3n) is 3.90. The van der Waals surface area contributed by atoms with Crippen molar-refractivity contribution in [3.8, 4) is 5.88 Å². The second kappa shape index (κ2) is 13.3. The number of nitrogens with one attached hydrogen (secondary N) is 2. The van der Waals surface area contributed by atoms with Crippen LogP contribution in [-0.4, -0.2) is 74.9 Å². The van der Waals surface area contributed by atoms with E-state index >= 15 is 0 Å². The van der Waals surface area contributed by atoms with Crippen LogP contribution >= 0.6 is 35.6 Å². The summed E-state index contributed by atoms with van der Waals surface area (Å²) in [5.74, 6) is 0.608. The van der Waals surface area contributed by atoms with Gasteiger partial charge in [-0.3, -0.25) is 9.89 Å². The number of aromatic nitrogens is 1. The molecule has 0 radical (unpaired) electrons. The quantitative estimate of drug-likeness (QED) is 0.224. The summed E-state index contributed by atoms with van der Waals surface area (Å²) in [5.41, 5.74) is -0.912. The number of nitrogens with zero attached hydrogens (tertiary/aromatic N) is 3. The third kappa shape index (κ3) is 9.53. The van der Waals surface area contributed by atoms with E-state index in [9.17, 15) is 13.2 Å². The minimum Gasteiger partial charge on any atom is -0.475 e. The Morgan fingerprint density at radius 2 is 2.07 bits per heavy atom. The predicted octanol–water partition coefficient (Wildman–Crippen LogP) is 2.64. The van der Waals surface area contributed by atoms with E-state index in [0.717, 1.165) is 38.9 Å². The molecule has 1 aliphatic heterocycles. The van der Waals surface area contributed by atoms with E-state index in [1.807, 2.05) is 6.92 Å². The first-order valence-electron chi connectivity index (χ1n) is 9.08. The molecule has 0 aromatic carbocycles. The lowest BCUT2D eigenvalue weighted by Gasteiger charge is -2.25. The fourth-order valence-electron chi connectivity index (χ4n) is 2.47. The van der Waals surface area contributed by atoms with Crippen LogP contribution in [0, 0.1) is 0 Å². The Labute approximate surface area is 190 Å². The van der Waals surface area contributed by atoms with Gasteiger partial charge in [0.25, 0.3) is 0 Å². The van der Waals surface area contributed by atoms with Crippen LogP contribution in [0.4, 0.5) is 13.2 Å². The van der Waals surface area contributed by atoms with Gasteiger partial charge in [0.05, 0.1) is 31.9 Å². The van der Waals surface area contributed by atoms with Gasteiger partial charge in [-0.25, -0.2) is 4.98 Å². The van der Waals surface area contributed by atoms with E-state index in [0.29, 0.717) is 31.8 Å². The summed E-state index contributed by atoms with van der Waals surface area (Å²) in [6, 6.07) is 0.800. The van der Waals surface area contributed by atoms with Crippen molar-refractivity contribution in [3.05, 3.63) is 22.8 Å². The molecule has 2 N–H and O–H groups in total. The second-order valence-electron chi connectivity index (χ2n) is 6.00. The van der Waals surface area contributed by atoms with Crippen molar-refractivity contribution < 1.29 is 22.6 Å². The van der Waals surface area contributed by atoms with Gasteiger partial charge in [-0.1, -0.05) is 11.6 Å². The smallest absolute Gasteiger partial charge is 0.417 e. The molecule has 0 atom stereocenters. The minimum absolute atomic E-state index is 0. The van der Waals surface area contributed by atoms with Crippen molar-refractivity contribution in [2.24, 2.45) is 4.99 Å². The van der Waals surface area contributed by atoms with E-state index in [-0.39, 0.29) is 41.5 Å². The molecule has 1 aliphatic rings. The molecule has 0 unspecified atom stereocenters. The lowest BCUT2D eigenvalue weighted by Crippen LogP contribution is -2.41. The number of aliphatic imine (C=N–C) groups is 1. The maximum atomic E-state index is 12.6. The Morgan fingerprint density at radius 3 is 2.69 bits per heavy atom.